The molecule has 2 atom stereocenters. The molecular weight excluding hydrogens is 414 g/mol. The van der Waals surface area contributed by atoms with Crippen molar-refractivity contribution in [3.05, 3.63) is 102 Å². The van der Waals surface area contributed by atoms with Crippen molar-refractivity contribution < 1.29 is 14.4 Å². The molecule has 0 radical (unpaired) electrons. The molecule has 2 unspecified atom stereocenters. The molecule has 0 aliphatic carbocycles. The number of nitriles is 1. The largest absolute Gasteiger partial charge is 0.323 e. The van der Waals surface area contributed by atoms with E-state index in [-0.39, 0.29) is 24.7 Å². The van der Waals surface area contributed by atoms with Crippen LogP contribution in [-0.2, 0) is 20.8 Å². The topological polar surface area (TPSA) is 81.5 Å². The lowest BCUT2D eigenvalue weighted by atomic mass is 10.0. The third kappa shape index (κ3) is 4.53. The van der Waals surface area contributed by atoms with E-state index < -0.39 is 18.0 Å². The zero-order valence-corrected chi connectivity index (χ0v) is 18.2. The van der Waals surface area contributed by atoms with Gasteiger partial charge in [0.2, 0.25) is 11.8 Å². The van der Waals surface area contributed by atoms with E-state index >= 15 is 0 Å². The van der Waals surface area contributed by atoms with E-state index in [0.29, 0.717) is 11.3 Å². The number of hydrogen-bond donors (Lipinski definition) is 0. The van der Waals surface area contributed by atoms with Crippen LogP contribution in [0, 0.1) is 11.3 Å². The van der Waals surface area contributed by atoms with E-state index in [0.717, 1.165) is 16.0 Å². The van der Waals surface area contributed by atoms with Crippen LogP contribution in [0.4, 0.5) is 5.69 Å². The van der Waals surface area contributed by atoms with E-state index in [9.17, 15) is 14.4 Å². The summed E-state index contributed by atoms with van der Waals surface area (Å²) in [7, 11) is 0. The highest BCUT2D eigenvalue weighted by molar-refractivity contribution is 6.23. The lowest BCUT2D eigenvalue weighted by Gasteiger charge is -2.34. The molecule has 164 valence electrons. The summed E-state index contributed by atoms with van der Waals surface area (Å²) >= 11 is 0. The molecule has 3 aromatic rings. The van der Waals surface area contributed by atoms with Crippen LogP contribution in [0.25, 0.3) is 0 Å². The maximum atomic E-state index is 13.5. The van der Waals surface area contributed by atoms with E-state index in [4.69, 9.17) is 5.26 Å². The number of hydrogen-bond acceptors (Lipinski definition) is 4. The Morgan fingerprint density at radius 1 is 1.00 bits per heavy atom. The molecule has 0 aromatic heterocycles. The molecule has 4 rings (SSSR count). The second-order valence-electron chi connectivity index (χ2n) is 8.00. The van der Waals surface area contributed by atoms with Gasteiger partial charge in [0.25, 0.3) is 5.91 Å². The zero-order valence-electron chi connectivity index (χ0n) is 18.2. The van der Waals surface area contributed by atoms with Crippen molar-refractivity contribution in [2.45, 2.75) is 31.8 Å². The fraction of sp³-hybridized carbons (Fsp3) is 0.185. The fourth-order valence-corrected chi connectivity index (χ4v) is 4.20. The van der Waals surface area contributed by atoms with Gasteiger partial charge in [-0.05, 0) is 42.3 Å². The van der Waals surface area contributed by atoms with Crippen LogP contribution in [-0.4, -0.2) is 28.7 Å². The summed E-state index contributed by atoms with van der Waals surface area (Å²) in [5, 5.41) is 9.02. The fourth-order valence-electron chi connectivity index (χ4n) is 4.20. The molecule has 0 saturated carbocycles. The van der Waals surface area contributed by atoms with Crippen molar-refractivity contribution in [2.75, 3.05) is 4.90 Å². The Bertz CT molecular complexity index is 1200. The van der Waals surface area contributed by atoms with Gasteiger partial charge in [0.15, 0.2) is 0 Å². The van der Waals surface area contributed by atoms with Gasteiger partial charge in [0, 0.05) is 0 Å². The zero-order chi connectivity index (χ0) is 23.4. The predicted molar refractivity (Wildman–Crippen MR) is 124 cm³/mol. The van der Waals surface area contributed by atoms with Gasteiger partial charge in [-0.25, -0.2) is 4.90 Å². The SMILES string of the molecule is CC(c1ccccc1)N(C(=O)Cc1ccccc1)C1CC(=O)N(c2ccc(C#N)cc2)C1=O. The first kappa shape index (κ1) is 22.0. The number of carbonyl (C=O) groups is 3. The third-order valence-electron chi connectivity index (χ3n) is 5.90. The summed E-state index contributed by atoms with van der Waals surface area (Å²) < 4.78 is 0. The molecule has 0 bridgehead atoms. The average molecular weight is 437 g/mol. The molecular formula is C27H23N3O3. The van der Waals surface area contributed by atoms with Crippen LogP contribution >= 0.6 is 0 Å². The minimum atomic E-state index is -0.903. The van der Waals surface area contributed by atoms with Gasteiger partial charge in [-0.3, -0.25) is 14.4 Å². The van der Waals surface area contributed by atoms with Crippen LogP contribution < -0.4 is 4.90 Å². The molecule has 6 nitrogen and oxygen atoms in total. The van der Waals surface area contributed by atoms with Crippen molar-refractivity contribution in [3.8, 4) is 6.07 Å². The smallest absolute Gasteiger partial charge is 0.257 e. The van der Waals surface area contributed by atoms with E-state index in [2.05, 4.69) is 0 Å². The van der Waals surface area contributed by atoms with Crippen LogP contribution in [0.3, 0.4) is 0 Å². The van der Waals surface area contributed by atoms with E-state index in [1.54, 1.807) is 29.2 Å². The minimum Gasteiger partial charge on any atom is -0.323 e. The average Bonchev–Trinajstić information content (AvgIpc) is 3.13. The van der Waals surface area contributed by atoms with Crippen LogP contribution in [0.15, 0.2) is 84.9 Å². The van der Waals surface area contributed by atoms with Crippen molar-refractivity contribution in [3.63, 3.8) is 0 Å². The number of anilines is 1. The van der Waals surface area contributed by atoms with Gasteiger partial charge in [0.05, 0.1) is 36.2 Å². The van der Waals surface area contributed by atoms with Crippen LogP contribution in [0.1, 0.15) is 36.1 Å². The summed E-state index contributed by atoms with van der Waals surface area (Å²) in [6.45, 7) is 1.88. The molecule has 3 amide bonds. The summed E-state index contributed by atoms with van der Waals surface area (Å²) in [5.41, 5.74) is 2.56. The van der Waals surface area contributed by atoms with Gasteiger partial charge in [-0.15, -0.1) is 0 Å². The van der Waals surface area contributed by atoms with Gasteiger partial charge in [0.1, 0.15) is 6.04 Å². The highest BCUT2D eigenvalue weighted by atomic mass is 16.2. The molecule has 1 fully saturated rings. The maximum absolute atomic E-state index is 13.5. The Labute approximate surface area is 192 Å². The first-order chi connectivity index (χ1) is 16.0. The Morgan fingerprint density at radius 2 is 1.61 bits per heavy atom. The number of rotatable bonds is 6. The molecule has 1 saturated heterocycles. The molecule has 0 N–H and O–H groups in total. The lowest BCUT2D eigenvalue weighted by molar-refractivity contribution is -0.140. The minimum absolute atomic E-state index is 0.0868. The lowest BCUT2D eigenvalue weighted by Crippen LogP contribution is -2.47. The van der Waals surface area contributed by atoms with Crippen molar-refractivity contribution in [1.82, 2.24) is 4.90 Å². The quantitative estimate of drug-likeness (QED) is 0.546. The molecule has 3 aromatic carbocycles. The number of benzene rings is 3. The molecule has 0 spiro atoms. The van der Waals surface area contributed by atoms with Crippen molar-refractivity contribution in [1.29, 1.82) is 5.26 Å². The van der Waals surface area contributed by atoms with Crippen LogP contribution in [0.5, 0.6) is 0 Å². The van der Waals surface area contributed by atoms with Gasteiger partial charge in [-0.1, -0.05) is 60.7 Å². The summed E-state index contributed by atoms with van der Waals surface area (Å²) in [6, 6.07) is 25.8. The third-order valence-corrected chi connectivity index (χ3v) is 5.90. The second-order valence-corrected chi connectivity index (χ2v) is 8.00. The molecule has 6 heteroatoms. The van der Waals surface area contributed by atoms with Crippen molar-refractivity contribution >= 4 is 23.4 Å². The normalized spacial score (nSPS) is 16.4. The number of nitrogens with zero attached hydrogens (tertiary/aromatic N) is 3. The van der Waals surface area contributed by atoms with Gasteiger partial charge in [-0.2, -0.15) is 5.26 Å². The Kier molecular flexibility index (Phi) is 6.32. The summed E-state index contributed by atoms with van der Waals surface area (Å²) in [4.78, 5) is 42.5. The molecule has 1 aliphatic heterocycles. The Balaban J connectivity index is 1.67. The standard InChI is InChI=1S/C27H23N3O3/c1-19(22-10-6-3-7-11-22)29(25(31)16-20-8-4-2-5-9-20)24-17-26(32)30(27(24)33)23-14-12-21(18-28)13-15-23/h2-15,19,24H,16-17H2,1H3. The van der Waals surface area contributed by atoms with Crippen molar-refractivity contribution in [2.24, 2.45) is 0 Å². The van der Waals surface area contributed by atoms with Gasteiger partial charge < -0.3 is 4.90 Å². The monoisotopic (exact) mass is 437 g/mol. The predicted octanol–water partition coefficient (Wildman–Crippen LogP) is 4.02. The molecule has 1 aliphatic rings. The molecule has 1 heterocycles. The van der Waals surface area contributed by atoms with E-state index in [1.807, 2.05) is 73.7 Å². The first-order valence-corrected chi connectivity index (χ1v) is 10.8. The Morgan fingerprint density at radius 3 is 2.21 bits per heavy atom. The maximum Gasteiger partial charge on any atom is 0.257 e. The highest BCUT2D eigenvalue weighted by Crippen LogP contribution is 2.32. The van der Waals surface area contributed by atoms with E-state index in [1.165, 1.54) is 0 Å². The summed E-state index contributed by atoms with van der Waals surface area (Å²) in [5.74, 6) is -1.02. The molecule has 33 heavy (non-hydrogen) atoms. The number of carbonyl (C=O) groups excluding carboxylic acids is 3. The highest BCUT2D eigenvalue weighted by Gasteiger charge is 2.45. The Hall–Kier alpha value is -4.24. The second kappa shape index (κ2) is 9.49. The summed E-state index contributed by atoms with van der Waals surface area (Å²) in [6.07, 6.45) is 0.0450. The van der Waals surface area contributed by atoms with Crippen LogP contribution in [0.2, 0.25) is 0 Å². The number of imide groups is 1. The first-order valence-electron chi connectivity index (χ1n) is 10.8. The number of amides is 3. The van der Waals surface area contributed by atoms with Gasteiger partial charge >= 0.3 is 0 Å².